The van der Waals surface area contributed by atoms with Gasteiger partial charge in [0.25, 0.3) is 0 Å². The first-order chi connectivity index (χ1) is 6.59. The van der Waals surface area contributed by atoms with Crippen LogP contribution in [0, 0.1) is 13.8 Å². The number of Topliss-reactive ketones (excluding diaryl/α,β-unsaturated/α-hetero) is 1. The number of ketones is 1. The minimum Gasteiger partial charge on any atom is -0.289 e. The summed E-state index contributed by atoms with van der Waals surface area (Å²) in [6, 6.07) is 4.13. The highest BCUT2D eigenvalue weighted by atomic mass is 16.1. The van der Waals surface area contributed by atoms with Gasteiger partial charge in [-0.1, -0.05) is 12.6 Å². The van der Waals surface area contributed by atoms with Crippen LogP contribution in [-0.2, 0) is 6.42 Å². The number of carbonyl (C=O) groups excluding carboxylic acids is 1. The Hall–Kier alpha value is -1.37. The Balaban J connectivity index is 2.61. The lowest BCUT2D eigenvalue weighted by Crippen LogP contribution is -2.14. The summed E-state index contributed by atoms with van der Waals surface area (Å²) in [5.74, 6) is 0.134. The molecule has 1 aromatic rings. The van der Waals surface area contributed by atoms with Crippen LogP contribution < -0.4 is 0 Å². The molecule has 0 saturated heterocycles. The minimum atomic E-state index is 0.134. The van der Waals surface area contributed by atoms with E-state index in [0.29, 0.717) is 0 Å². The first-order valence-electron chi connectivity index (χ1n) is 4.92. The van der Waals surface area contributed by atoms with Gasteiger partial charge < -0.3 is 0 Å². The van der Waals surface area contributed by atoms with Crippen molar-refractivity contribution in [1.29, 1.82) is 0 Å². The smallest absolute Gasteiger partial charge is 0.188 e. The van der Waals surface area contributed by atoms with Crippen LogP contribution >= 0.6 is 0 Å². The summed E-state index contributed by atoms with van der Waals surface area (Å²) >= 11 is 0. The Kier molecular flexibility index (Phi) is 2.03. The Morgan fingerprint density at radius 2 is 1.79 bits per heavy atom. The standard InChI is InChI=1S/C13H14O/c1-8-4-5-11-6-9(2)10(3)7-12(11)13(8)14/h6-7H,1,4-5H2,2-3H3. The summed E-state index contributed by atoms with van der Waals surface area (Å²) < 4.78 is 0. The summed E-state index contributed by atoms with van der Waals surface area (Å²) in [5.41, 5.74) is 5.26. The van der Waals surface area contributed by atoms with Gasteiger partial charge in [0.1, 0.15) is 0 Å². The predicted molar refractivity (Wildman–Crippen MR) is 57.7 cm³/mol. The number of hydrogen-bond donors (Lipinski definition) is 0. The van der Waals surface area contributed by atoms with E-state index in [2.05, 4.69) is 19.6 Å². The molecule has 1 aliphatic carbocycles. The number of aryl methyl sites for hydroxylation is 3. The summed E-state index contributed by atoms with van der Waals surface area (Å²) in [4.78, 5) is 11.8. The van der Waals surface area contributed by atoms with Gasteiger partial charge in [0.05, 0.1) is 0 Å². The number of hydrogen-bond acceptors (Lipinski definition) is 1. The van der Waals surface area contributed by atoms with Crippen LogP contribution in [0.4, 0.5) is 0 Å². The monoisotopic (exact) mass is 186 g/mol. The Labute approximate surface area is 84.5 Å². The van der Waals surface area contributed by atoms with E-state index in [9.17, 15) is 4.79 Å². The minimum absolute atomic E-state index is 0.134. The molecule has 0 aromatic heterocycles. The molecule has 1 nitrogen and oxygen atoms in total. The van der Waals surface area contributed by atoms with Crippen LogP contribution in [0.15, 0.2) is 24.3 Å². The van der Waals surface area contributed by atoms with Crippen molar-refractivity contribution < 1.29 is 4.79 Å². The zero-order chi connectivity index (χ0) is 10.3. The maximum absolute atomic E-state index is 11.8. The van der Waals surface area contributed by atoms with Crippen molar-refractivity contribution in [3.8, 4) is 0 Å². The molecule has 1 heteroatoms. The first kappa shape index (κ1) is 9.20. The molecule has 0 spiro atoms. The molecule has 0 bridgehead atoms. The quantitative estimate of drug-likeness (QED) is 0.569. The molecule has 2 rings (SSSR count). The number of fused-ring (bicyclic) bond motifs is 1. The van der Waals surface area contributed by atoms with Crippen molar-refractivity contribution in [2.45, 2.75) is 26.7 Å². The van der Waals surface area contributed by atoms with Crippen molar-refractivity contribution in [2.24, 2.45) is 0 Å². The number of carbonyl (C=O) groups is 1. The number of rotatable bonds is 0. The fourth-order valence-corrected chi connectivity index (χ4v) is 1.88. The zero-order valence-electron chi connectivity index (χ0n) is 8.68. The molecule has 14 heavy (non-hydrogen) atoms. The van der Waals surface area contributed by atoms with Crippen LogP contribution in [0.5, 0.6) is 0 Å². The number of allylic oxidation sites excluding steroid dienone is 1. The van der Waals surface area contributed by atoms with Gasteiger partial charge in [-0.3, -0.25) is 4.79 Å². The summed E-state index contributed by atoms with van der Waals surface area (Å²) in [5, 5.41) is 0. The van der Waals surface area contributed by atoms with E-state index < -0.39 is 0 Å². The lowest BCUT2D eigenvalue weighted by atomic mass is 9.85. The van der Waals surface area contributed by atoms with Crippen molar-refractivity contribution >= 4 is 5.78 Å². The van der Waals surface area contributed by atoms with Gasteiger partial charge in [-0.2, -0.15) is 0 Å². The van der Waals surface area contributed by atoms with Crippen molar-refractivity contribution in [3.05, 3.63) is 46.5 Å². The van der Waals surface area contributed by atoms with Gasteiger partial charge in [0.2, 0.25) is 0 Å². The zero-order valence-corrected chi connectivity index (χ0v) is 8.68. The van der Waals surface area contributed by atoms with E-state index in [4.69, 9.17) is 0 Å². The topological polar surface area (TPSA) is 17.1 Å². The van der Waals surface area contributed by atoms with E-state index in [1.807, 2.05) is 13.0 Å². The third-order valence-electron chi connectivity index (χ3n) is 2.98. The lowest BCUT2D eigenvalue weighted by Gasteiger charge is -2.18. The highest BCUT2D eigenvalue weighted by Gasteiger charge is 2.20. The second-order valence-corrected chi connectivity index (χ2v) is 4.03. The van der Waals surface area contributed by atoms with Crippen LogP contribution in [0.25, 0.3) is 0 Å². The van der Waals surface area contributed by atoms with E-state index in [0.717, 1.165) is 24.0 Å². The molecule has 0 radical (unpaired) electrons. The van der Waals surface area contributed by atoms with E-state index in [1.54, 1.807) is 0 Å². The summed E-state index contributed by atoms with van der Waals surface area (Å²) in [6.07, 6.45) is 1.77. The first-order valence-corrected chi connectivity index (χ1v) is 4.92. The second kappa shape index (κ2) is 3.09. The maximum atomic E-state index is 11.8. The predicted octanol–water partition coefficient (Wildman–Crippen LogP) is 2.99. The Morgan fingerprint density at radius 3 is 2.50 bits per heavy atom. The number of benzene rings is 1. The van der Waals surface area contributed by atoms with Gasteiger partial charge in [-0.25, -0.2) is 0 Å². The molecule has 0 unspecified atom stereocenters. The molecule has 1 aliphatic rings. The molecule has 0 aliphatic heterocycles. The molecule has 0 saturated carbocycles. The van der Waals surface area contributed by atoms with Gasteiger partial charge in [-0.15, -0.1) is 0 Å². The normalized spacial score (nSPS) is 15.6. The molecular weight excluding hydrogens is 172 g/mol. The maximum Gasteiger partial charge on any atom is 0.188 e. The van der Waals surface area contributed by atoms with Crippen LogP contribution in [0.2, 0.25) is 0 Å². The van der Waals surface area contributed by atoms with Gasteiger partial charge >= 0.3 is 0 Å². The SMILES string of the molecule is C=C1CCc2cc(C)c(C)cc2C1=O. The average molecular weight is 186 g/mol. The van der Waals surface area contributed by atoms with E-state index in [1.165, 1.54) is 16.7 Å². The lowest BCUT2D eigenvalue weighted by molar-refractivity contribution is 0.102. The molecule has 0 N–H and O–H groups in total. The van der Waals surface area contributed by atoms with Crippen LogP contribution in [0.1, 0.15) is 33.5 Å². The molecule has 1 aromatic carbocycles. The Bertz CT molecular complexity index is 427. The van der Waals surface area contributed by atoms with Gasteiger partial charge in [0, 0.05) is 5.56 Å². The second-order valence-electron chi connectivity index (χ2n) is 4.03. The molecule has 0 amide bonds. The third kappa shape index (κ3) is 1.29. The Morgan fingerprint density at radius 1 is 1.14 bits per heavy atom. The fraction of sp³-hybridized carbons (Fsp3) is 0.308. The van der Waals surface area contributed by atoms with Crippen molar-refractivity contribution in [3.63, 3.8) is 0 Å². The summed E-state index contributed by atoms with van der Waals surface area (Å²) in [6.45, 7) is 7.93. The van der Waals surface area contributed by atoms with Crippen molar-refractivity contribution in [2.75, 3.05) is 0 Å². The van der Waals surface area contributed by atoms with Crippen molar-refractivity contribution in [1.82, 2.24) is 0 Å². The molecule has 72 valence electrons. The fourth-order valence-electron chi connectivity index (χ4n) is 1.88. The summed E-state index contributed by atoms with van der Waals surface area (Å²) in [7, 11) is 0. The molecule has 0 heterocycles. The highest BCUT2D eigenvalue weighted by Crippen LogP contribution is 2.26. The molecular formula is C13H14O. The van der Waals surface area contributed by atoms with Gasteiger partial charge in [-0.05, 0) is 55.0 Å². The van der Waals surface area contributed by atoms with Crippen LogP contribution in [0.3, 0.4) is 0 Å². The third-order valence-corrected chi connectivity index (χ3v) is 2.98. The average Bonchev–Trinajstić information content (AvgIpc) is 2.15. The van der Waals surface area contributed by atoms with E-state index >= 15 is 0 Å². The van der Waals surface area contributed by atoms with Gasteiger partial charge in [0.15, 0.2) is 5.78 Å². The van der Waals surface area contributed by atoms with Crippen LogP contribution in [-0.4, -0.2) is 5.78 Å². The molecule has 0 fully saturated rings. The molecule has 0 atom stereocenters. The highest BCUT2D eigenvalue weighted by molar-refractivity contribution is 6.10. The largest absolute Gasteiger partial charge is 0.289 e. The van der Waals surface area contributed by atoms with E-state index in [-0.39, 0.29) is 5.78 Å².